The van der Waals surface area contributed by atoms with Crippen molar-refractivity contribution in [3.05, 3.63) is 23.3 Å². The van der Waals surface area contributed by atoms with Crippen molar-refractivity contribution in [2.75, 3.05) is 20.8 Å². The van der Waals surface area contributed by atoms with Crippen molar-refractivity contribution in [3.8, 4) is 17.6 Å². The molecule has 0 bridgehead atoms. The number of carbonyl (C=O) groups is 2. The van der Waals surface area contributed by atoms with Gasteiger partial charge >= 0.3 is 5.97 Å². The topological polar surface area (TPSA) is 85.6 Å². The van der Waals surface area contributed by atoms with Crippen LogP contribution in [0.25, 0.3) is 0 Å². The Hall–Kier alpha value is -2.55. The second kappa shape index (κ2) is 6.40. The van der Waals surface area contributed by atoms with Gasteiger partial charge in [0, 0.05) is 6.07 Å². The van der Waals surface area contributed by atoms with Crippen LogP contribution in [0.1, 0.15) is 22.8 Å². The van der Waals surface area contributed by atoms with Crippen LogP contribution in [-0.2, 0) is 9.53 Å². The highest BCUT2D eigenvalue weighted by Crippen LogP contribution is 2.32. The summed E-state index contributed by atoms with van der Waals surface area (Å²) in [5.41, 5.74) is 0.127. The zero-order valence-electron chi connectivity index (χ0n) is 10.9. The van der Waals surface area contributed by atoms with E-state index in [1.54, 1.807) is 6.92 Å². The molecule has 0 aliphatic rings. The minimum atomic E-state index is -1.00. The van der Waals surface area contributed by atoms with Gasteiger partial charge in [-0.2, -0.15) is 5.26 Å². The zero-order chi connectivity index (χ0) is 14.4. The van der Waals surface area contributed by atoms with Crippen molar-refractivity contribution in [3.63, 3.8) is 0 Å². The van der Waals surface area contributed by atoms with E-state index in [1.807, 2.05) is 6.07 Å². The van der Waals surface area contributed by atoms with E-state index in [-0.39, 0.29) is 29.2 Å². The van der Waals surface area contributed by atoms with E-state index in [4.69, 9.17) is 14.7 Å². The highest BCUT2D eigenvalue weighted by molar-refractivity contribution is 6.41. The Labute approximate surface area is 110 Å². The third kappa shape index (κ3) is 3.01. The van der Waals surface area contributed by atoms with Crippen LogP contribution in [-0.4, -0.2) is 32.6 Å². The Kier molecular flexibility index (Phi) is 4.89. The number of esters is 1. The van der Waals surface area contributed by atoms with Crippen LogP contribution in [0.4, 0.5) is 0 Å². The quantitative estimate of drug-likeness (QED) is 0.452. The fourth-order valence-electron chi connectivity index (χ4n) is 1.50. The molecule has 0 radical (unpaired) electrons. The molecule has 0 unspecified atom stereocenters. The largest absolute Gasteiger partial charge is 0.493 e. The summed E-state index contributed by atoms with van der Waals surface area (Å²) in [5.74, 6) is -1.58. The number of ketones is 1. The van der Waals surface area contributed by atoms with Gasteiger partial charge in [0.05, 0.1) is 38.0 Å². The lowest BCUT2D eigenvalue weighted by Crippen LogP contribution is -2.18. The Morgan fingerprint density at radius 3 is 2.42 bits per heavy atom. The van der Waals surface area contributed by atoms with Gasteiger partial charge in [-0.15, -0.1) is 0 Å². The van der Waals surface area contributed by atoms with Crippen molar-refractivity contribution in [1.82, 2.24) is 0 Å². The monoisotopic (exact) mass is 263 g/mol. The second-order valence-electron chi connectivity index (χ2n) is 3.42. The smallest absolute Gasteiger partial charge is 0.379 e. The standard InChI is InChI=1S/C13H13NO5/c1-4-19-13(16)11(15)9-5-8(7-14)6-10(17-2)12(9)18-3/h5-6H,4H2,1-3H3. The lowest BCUT2D eigenvalue weighted by molar-refractivity contribution is -0.137. The van der Waals surface area contributed by atoms with Crippen molar-refractivity contribution < 1.29 is 23.8 Å². The van der Waals surface area contributed by atoms with Gasteiger partial charge in [-0.25, -0.2) is 4.79 Å². The van der Waals surface area contributed by atoms with Gasteiger partial charge < -0.3 is 14.2 Å². The molecule has 19 heavy (non-hydrogen) atoms. The summed E-state index contributed by atoms with van der Waals surface area (Å²) in [6.45, 7) is 1.68. The highest BCUT2D eigenvalue weighted by atomic mass is 16.5. The summed E-state index contributed by atoms with van der Waals surface area (Å²) >= 11 is 0. The Balaban J connectivity index is 3.36. The summed E-state index contributed by atoms with van der Waals surface area (Å²) in [7, 11) is 2.71. The highest BCUT2D eigenvalue weighted by Gasteiger charge is 2.25. The number of hydrogen-bond acceptors (Lipinski definition) is 6. The normalized spacial score (nSPS) is 9.37. The van der Waals surface area contributed by atoms with Gasteiger partial charge in [0.15, 0.2) is 11.5 Å². The number of Topliss-reactive ketones (excluding diaryl/α,β-unsaturated/α-hetero) is 1. The molecular weight excluding hydrogens is 250 g/mol. The molecule has 0 amide bonds. The average Bonchev–Trinajstić information content (AvgIpc) is 2.44. The summed E-state index contributed by atoms with van der Waals surface area (Å²) in [6.07, 6.45) is 0. The van der Waals surface area contributed by atoms with E-state index in [0.717, 1.165) is 0 Å². The third-order valence-electron chi connectivity index (χ3n) is 2.31. The number of ether oxygens (including phenoxy) is 3. The predicted octanol–water partition coefficient (Wildman–Crippen LogP) is 1.32. The molecule has 0 heterocycles. The van der Waals surface area contributed by atoms with Crippen LogP contribution in [0.5, 0.6) is 11.5 Å². The van der Waals surface area contributed by atoms with Crippen LogP contribution in [0.3, 0.4) is 0 Å². The Bertz CT molecular complexity index is 545. The number of rotatable bonds is 5. The molecule has 0 aliphatic carbocycles. The maximum absolute atomic E-state index is 11.9. The second-order valence-corrected chi connectivity index (χ2v) is 3.42. The molecule has 0 fully saturated rings. The number of carbonyl (C=O) groups excluding carboxylic acids is 2. The molecule has 0 aromatic heterocycles. The van der Waals surface area contributed by atoms with Gasteiger partial charge in [0.2, 0.25) is 0 Å². The molecule has 1 aromatic rings. The number of benzene rings is 1. The fourth-order valence-corrected chi connectivity index (χ4v) is 1.50. The molecule has 0 spiro atoms. The average molecular weight is 263 g/mol. The van der Waals surface area contributed by atoms with Gasteiger partial charge in [-0.3, -0.25) is 4.79 Å². The molecule has 0 atom stereocenters. The van der Waals surface area contributed by atoms with Crippen LogP contribution in [0.15, 0.2) is 12.1 Å². The molecule has 100 valence electrons. The number of hydrogen-bond donors (Lipinski definition) is 0. The summed E-state index contributed by atoms with van der Waals surface area (Å²) < 4.78 is 14.7. The maximum Gasteiger partial charge on any atom is 0.379 e. The predicted molar refractivity (Wildman–Crippen MR) is 65.2 cm³/mol. The van der Waals surface area contributed by atoms with Crippen molar-refractivity contribution in [1.29, 1.82) is 5.26 Å². The first-order valence-corrected chi connectivity index (χ1v) is 5.46. The van der Waals surface area contributed by atoms with Crippen LogP contribution in [0, 0.1) is 11.3 Å². The van der Waals surface area contributed by atoms with Crippen LogP contribution in [0.2, 0.25) is 0 Å². The fraction of sp³-hybridized carbons (Fsp3) is 0.308. The van der Waals surface area contributed by atoms with Crippen molar-refractivity contribution in [2.45, 2.75) is 6.92 Å². The summed E-state index contributed by atoms with van der Waals surface area (Å²) in [6, 6.07) is 4.56. The van der Waals surface area contributed by atoms with Gasteiger partial charge in [0.1, 0.15) is 0 Å². The molecule has 1 rings (SSSR count). The van der Waals surface area contributed by atoms with E-state index in [1.165, 1.54) is 26.4 Å². The van der Waals surface area contributed by atoms with E-state index >= 15 is 0 Å². The molecule has 1 aromatic carbocycles. The van der Waals surface area contributed by atoms with E-state index in [0.29, 0.717) is 0 Å². The van der Waals surface area contributed by atoms with E-state index in [2.05, 4.69) is 4.74 Å². The first-order valence-electron chi connectivity index (χ1n) is 5.46. The number of methoxy groups -OCH3 is 2. The third-order valence-corrected chi connectivity index (χ3v) is 2.31. The summed E-state index contributed by atoms with van der Waals surface area (Å²) in [5, 5.41) is 8.90. The minimum absolute atomic E-state index is 0.0585. The van der Waals surface area contributed by atoms with E-state index in [9.17, 15) is 9.59 Å². The number of nitriles is 1. The zero-order valence-corrected chi connectivity index (χ0v) is 10.9. The molecule has 0 saturated heterocycles. The lowest BCUT2D eigenvalue weighted by Gasteiger charge is -2.12. The van der Waals surface area contributed by atoms with Crippen LogP contribution >= 0.6 is 0 Å². The van der Waals surface area contributed by atoms with Gasteiger partial charge in [-0.1, -0.05) is 0 Å². The Morgan fingerprint density at radius 2 is 1.95 bits per heavy atom. The minimum Gasteiger partial charge on any atom is -0.493 e. The first kappa shape index (κ1) is 14.5. The van der Waals surface area contributed by atoms with Crippen molar-refractivity contribution >= 4 is 11.8 Å². The van der Waals surface area contributed by atoms with Crippen LogP contribution < -0.4 is 9.47 Å². The SMILES string of the molecule is CCOC(=O)C(=O)c1cc(C#N)cc(OC)c1OC. The van der Waals surface area contributed by atoms with Crippen molar-refractivity contribution in [2.24, 2.45) is 0 Å². The molecule has 6 heteroatoms. The molecule has 0 N–H and O–H groups in total. The first-order chi connectivity index (χ1) is 9.08. The molecular formula is C13H13NO5. The molecule has 0 aliphatic heterocycles. The summed E-state index contributed by atoms with van der Waals surface area (Å²) in [4.78, 5) is 23.4. The Morgan fingerprint density at radius 1 is 1.26 bits per heavy atom. The van der Waals surface area contributed by atoms with Gasteiger partial charge in [-0.05, 0) is 13.0 Å². The number of nitrogens with zero attached hydrogens (tertiary/aromatic N) is 1. The van der Waals surface area contributed by atoms with Gasteiger partial charge in [0.25, 0.3) is 5.78 Å². The van der Waals surface area contributed by atoms with E-state index < -0.39 is 11.8 Å². The molecule has 0 saturated carbocycles. The maximum atomic E-state index is 11.9. The molecule has 6 nitrogen and oxygen atoms in total. The lowest BCUT2D eigenvalue weighted by atomic mass is 10.1.